The van der Waals surface area contributed by atoms with Crippen molar-refractivity contribution in [2.24, 2.45) is 11.8 Å². The fraction of sp³-hybridized carbons (Fsp3) is 0.552. The maximum atomic E-state index is 13.8. The average Bonchev–Trinajstić information content (AvgIpc) is 2.96. The van der Waals surface area contributed by atoms with E-state index in [2.05, 4.69) is 26.1 Å². The number of benzene rings is 2. The Morgan fingerprint density at radius 3 is 2.22 bits per heavy atom. The molecule has 4 rings (SSSR count). The minimum absolute atomic E-state index is 0.0316. The normalized spacial score (nSPS) is 25.8. The maximum Gasteiger partial charge on any atom is 0.416 e. The number of urea groups is 1. The smallest absolute Gasteiger partial charge is 0.362 e. The molecule has 3 atom stereocenters. The third-order valence-corrected chi connectivity index (χ3v) is 7.86. The van der Waals surface area contributed by atoms with Gasteiger partial charge in [-0.2, -0.15) is 13.2 Å². The number of hydrogen-bond donors (Lipinski definition) is 1. The molecule has 1 N–H and O–H groups in total. The van der Waals surface area contributed by atoms with Crippen molar-refractivity contribution < 1.29 is 27.1 Å². The summed E-state index contributed by atoms with van der Waals surface area (Å²) in [5, 5.41) is 3.30. The van der Waals surface area contributed by atoms with Crippen LogP contribution in [0.1, 0.15) is 75.7 Å². The molecule has 1 saturated carbocycles. The van der Waals surface area contributed by atoms with E-state index in [1.807, 2.05) is 0 Å². The van der Waals surface area contributed by atoms with Crippen LogP contribution in [0.3, 0.4) is 0 Å². The van der Waals surface area contributed by atoms with Gasteiger partial charge >= 0.3 is 12.2 Å². The van der Waals surface area contributed by atoms with Gasteiger partial charge in [0.1, 0.15) is 11.9 Å². The fourth-order valence-corrected chi connectivity index (χ4v) is 5.81. The summed E-state index contributed by atoms with van der Waals surface area (Å²) in [5.74, 6) is 0.579. The van der Waals surface area contributed by atoms with Gasteiger partial charge in [0.15, 0.2) is 0 Å². The first-order chi connectivity index (χ1) is 17.5. The highest BCUT2D eigenvalue weighted by Gasteiger charge is 2.41. The summed E-state index contributed by atoms with van der Waals surface area (Å²) in [5.41, 5.74) is -0.649. The second-order valence-electron chi connectivity index (χ2n) is 10.9. The van der Waals surface area contributed by atoms with Crippen LogP contribution in [-0.4, -0.2) is 35.7 Å². The Morgan fingerprint density at radius 1 is 1.05 bits per heavy atom. The number of nitrogens with one attached hydrogen (secondary N) is 1. The standard InChI is InChI=1S/C29H36F4N2O2/c1-4-28(15-19(2)9-10-20(3)16-28)34-27(36)35-17-23(18-35)37-26(21-11-13-22(30)14-12-21)24-7-5-6-8-25(24)29(31,32)33/h5-8,11-14,19-20,23,26H,4,9-10,15-18H2,1-3H3,(H,34,36). The summed E-state index contributed by atoms with van der Waals surface area (Å²) >= 11 is 0. The average molecular weight is 521 g/mol. The van der Waals surface area contributed by atoms with Crippen LogP contribution in [0.4, 0.5) is 22.4 Å². The van der Waals surface area contributed by atoms with Gasteiger partial charge in [-0.15, -0.1) is 0 Å². The zero-order valence-corrected chi connectivity index (χ0v) is 21.7. The molecule has 2 fully saturated rings. The molecule has 3 unspecified atom stereocenters. The molecule has 2 aliphatic rings. The van der Waals surface area contributed by atoms with Crippen LogP contribution < -0.4 is 5.32 Å². The second-order valence-corrected chi connectivity index (χ2v) is 10.9. The minimum atomic E-state index is -4.56. The summed E-state index contributed by atoms with van der Waals surface area (Å²) in [7, 11) is 0. The highest BCUT2D eigenvalue weighted by molar-refractivity contribution is 5.76. The molecule has 4 nitrogen and oxygen atoms in total. The van der Waals surface area contributed by atoms with Crippen molar-refractivity contribution in [3.05, 3.63) is 71.0 Å². The molecule has 8 heteroatoms. The molecular formula is C29H36F4N2O2. The van der Waals surface area contributed by atoms with Gasteiger partial charge in [-0.1, -0.05) is 63.9 Å². The van der Waals surface area contributed by atoms with Crippen LogP contribution >= 0.6 is 0 Å². The van der Waals surface area contributed by atoms with E-state index in [9.17, 15) is 22.4 Å². The van der Waals surface area contributed by atoms with Crippen LogP contribution in [0, 0.1) is 17.7 Å². The fourth-order valence-electron chi connectivity index (χ4n) is 5.81. The lowest BCUT2D eigenvalue weighted by Crippen LogP contribution is -2.62. The van der Waals surface area contributed by atoms with Gasteiger partial charge in [0.05, 0.1) is 24.8 Å². The summed E-state index contributed by atoms with van der Waals surface area (Å²) in [6.07, 6.45) is -1.01. The molecular weight excluding hydrogens is 484 g/mol. The molecule has 1 aliphatic heterocycles. The zero-order chi connectivity index (χ0) is 26.8. The molecule has 202 valence electrons. The summed E-state index contributed by atoms with van der Waals surface area (Å²) in [6, 6.07) is 10.4. The lowest BCUT2D eigenvalue weighted by molar-refractivity contribution is -0.140. The Labute approximate surface area is 216 Å². The van der Waals surface area contributed by atoms with Crippen LogP contribution in [0.15, 0.2) is 48.5 Å². The van der Waals surface area contributed by atoms with Gasteiger partial charge in [0.25, 0.3) is 0 Å². The Morgan fingerprint density at radius 2 is 1.65 bits per heavy atom. The van der Waals surface area contributed by atoms with Gasteiger partial charge in [0.2, 0.25) is 0 Å². The number of carbonyl (C=O) groups excluding carboxylic acids is 1. The molecule has 2 amide bonds. The van der Waals surface area contributed by atoms with Crippen molar-refractivity contribution in [1.82, 2.24) is 10.2 Å². The molecule has 0 bridgehead atoms. The topological polar surface area (TPSA) is 41.6 Å². The SMILES string of the molecule is CCC1(NC(=O)N2CC(OC(c3ccc(F)cc3)c3ccccc3C(F)(F)F)C2)CC(C)CCC(C)C1. The maximum absolute atomic E-state index is 13.8. The number of halogens is 4. The van der Waals surface area contributed by atoms with Gasteiger partial charge < -0.3 is 15.0 Å². The van der Waals surface area contributed by atoms with Crippen molar-refractivity contribution in [1.29, 1.82) is 0 Å². The second kappa shape index (κ2) is 11.0. The van der Waals surface area contributed by atoms with Crippen molar-refractivity contribution in [2.45, 2.75) is 76.8 Å². The largest absolute Gasteiger partial charge is 0.416 e. The first kappa shape index (κ1) is 27.4. The number of ether oxygens (including phenoxy) is 1. The van der Waals surface area contributed by atoms with Crippen molar-refractivity contribution in [3.63, 3.8) is 0 Å². The van der Waals surface area contributed by atoms with E-state index in [-0.39, 0.29) is 30.2 Å². The molecule has 0 aromatic heterocycles. The van der Waals surface area contributed by atoms with E-state index in [0.717, 1.165) is 38.2 Å². The first-order valence-electron chi connectivity index (χ1n) is 13.1. The predicted molar refractivity (Wildman–Crippen MR) is 134 cm³/mol. The monoisotopic (exact) mass is 520 g/mol. The number of alkyl halides is 3. The number of amides is 2. The molecule has 2 aromatic rings. The van der Waals surface area contributed by atoms with E-state index in [1.54, 1.807) is 4.90 Å². The predicted octanol–water partition coefficient (Wildman–Crippen LogP) is 7.34. The van der Waals surface area contributed by atoms with Crippen LogP contribution in [0.2, 0.25) is 0 Å². The van der Waals surface area contributed by atoms with Crippen molar-refractivity contribution in [3.8, 4) is 0 Å². The van der Waals surface area contributed by atoms with E-state index in [0.29, 0.717) is 17.4 Å². The summed E-state index contributed by atoms with van der Waals surface area (Å²) < 4.78 is 61.1. The zero-order valence-electron chi connectivity index (χ0n) is 21.7. The quantitative estimate of drug-likeness (QED) is 0.320. The summed E-state index contributed by atoms with van der Waals surface area (Å²) in [6.45, 7) is 7.14. The Hall–Kier alpha value is -2.61. The molecule has 1 heterocycles. The third-order valence-electron chi connectivity index (χ3n) is 7.86. The lowest BCUT2D eigenvalue weighted by Gasteiger charge is -2.44. The van der Waals surface area contributed by atoms with Gasteiger partial charge in [-0.25, -0.2) is 9.18 Å². The lowest BCUT2D eigenvalue weighted by atomic mass is 9.82. The molecule has 2 aromatic carbocycles. The Bertz CT molecular complexity index is 1050. The number of rotatable bonds is 6. The minimum Gasteiger partial charge on any atom is -0.362 e. The van der Waals surface area contributed by atoms with Crippen molar-refractivity contribution >= 4 is 6.03 Å². The van der Waals surface area contributed by atoms with Gasteiger partial charge in [-0.05, 0) is 60.4 Å². The highest BCUT2D eigenvalue weighted by Crippen LogP contribution is 2.40. The number of hydrogen-bond acceptors (Lipinski definition) is 2. The van der Waals surface area contributed by atoms with Crippen molar-refractivity contribution in [2.75, 3.05) is 13.1 Å². The van der Waals surface area contributed by atoms with Crippen LogP contribution in [0.25, 0.3) is 0 Å². The molecule has 37 heavy (non-hydrogen) atoms. The Balaban J connectivity index is 1.47. The first-order valence-corrected chi connectivity index (χ1v) is 13.1. The van der Waals surface area contributed by atoms with E-state index < -0.39 is 29.8 Å². The van der Waals surface area contributed by atoms with E-state index in [1.165, 1.54) is 42.5 Å². The summed E-state index contributed by atoms with van der Waals surface area (Å²) in [4.78, 5) is 14.8. The van der Waals surface area contributed by atoms with Gasteiger partial charge in [0, 0.05) is 5.54 Å². The van der Waals surface area contributed by atoms with E-state index in [4.69, 9.17) is 4.74 Å². The number of carbonyl (C=O) groups is 1. The van der Waals surface area contributed by atoms with Gasteiger partial charge in [-0.3, -0.25) is 0 Å². The van der Waals surface area contributed by atoms with E-state index >= 15 is 0 Å². The Kier molecular flexibility index (Phi) is 8.17. The van der Waals surface area contributed by atoms with Crippen LogP contribution in [0.5, 0.6) is 0 Å². The molecule has 1 aliphatic carbocycles. The molecule has 0 radical (unpaired) electrons. The number of likely N-dealkylation sites (tertiary alicyclic amines) is 1. The molecule has 0 spiro atoms. The third kappa shape index (κ3) is 6.46. The molecule has 1 saturated heterocycles. The highest BCUT2D eigenvalue weighted by atomic mass is 19.4. The van der Waals surface area contributed by atoms with Crippen LogP contribution in [-0.2, 0) is 10.9 Å². The number of nitrogens with zero attached hydrogens (tertiary/aromatic N) is 1.